The van der Waals surface area contributed by atoms with Crippen LogP contribution < -0.4 is 4.72 Å². The van der Waals surface area contributed by atoms with Crippen LogP contribution in [-0.2, 0) is 10.0 Å². The third kappa shape index (κ3) is 4.53. The van der Waals surface area contributed by atoms with E-state index >= 15 is 0 Å². The Kier molecular flexibility index (Phi) is 5.13. The lowest BCUT2D eigenvalue weighted by atomic mass is 10.2. The molecule has 1 heterocycles. The fraction of sp³-hybridized carbons (Fsp3) is 0. The molecule has 0 radical (unpaired) electrons. The zero-order valence-electron chi connectivity index (χ0n) is 12.4. The number of hydrogen-bond acceptors (Lipinski definition) is 4. The average Bonchev–Trinajstić information content (AvgIpc) is 3.02. The molecule has 0 fully saturated rings. The number of aromatic nitrogens is 1. The summed E-state index contributed by atoms with van der Waals surface area (Å²) in [4.78, 5) is 4.32. The molecule has 0 aliphatic heterocycles. The molecule has 0 aliphatic rings. The van der Waals surface area contributed by atoms with Crippen LogP contribution in [0.2, 0.25) is 0 Å². The quantitative estimate of drug-likeness (QED) is 0.632. The summed E-state index contributed by atoms with van der Waals surface area (Å²) < 4.78 is 27.7. The predicted molar refractivity (Wildman–Crippen MR) is 103 cm³/mol. The Balaban J connectivity index is 1.74. The summed E-state index contributed by atoms with van der Waals surface area (Å²) in [6.07, 6.45) is 1.54. The highest BCUT2D eigenvalue weighted by Crippen LogP contribution is 2.25. The zero-order valence-corrected chi connectivity index (χ0v) is 15.6. The van der Waals surface area contributed by atoms with Crippen molar-refractivity contribution in [2.24, 2.45) is 0 Å². The molecule has 24 heavy (non-hydrogen) atoms. The van der Waals surface area contributed by atoms with E-state index < -0.39 is 10.0 Å². The Labute approximate surface area is 153 Å². The molecule has 1 aromatic heterocycles. The second-order valence-electron chi connectivity index (χ2n) is 4.91. The summed E-state index contributed by atoms with van der Waals surface area (Å²) in [6.45, 7) is 0. The largest absolute Gasteiger partial charge is 0.256 e. The number of benzene rings is 2. The number of nitrogens with one attached hydrogen (secondary N) is 1. The van der Waals surface area contributed by atoms with E-state index in [2.05, 4.69) is 25.6 Å². The summed E-state index contributed by atoms with van der Waals surface area (Å²) in [7, 11) is -3.61. The molecule has 3 aromatic rings. The van der Waals surface area contributed by atoms with Gasteiger partial charge in [0.15, 0.2) is 5.13 Å². The monoisotopic (exact) mass is 420 g/mol. The molecule has 0 bridgehead atoms. The van der Waals surface area contributed by atoms with Gasteiger partial charge in [-0.3, -0.25) is 4.72 Å². The lowest BCUT2D eigenvalue weighted by molar-refractivity contribution is 0.609. The number of nitrogens with zero attached hydrogens (tertiary/aromatic N) is 1. The SMILES string of the molecule is O=S(=O)(C=Cc1cccc(Br)c1)Nc1nc(-c2ccccc2)cs1. The topological polar surface area (TPSA) is 59.1 Å². The third-order valence-electron chi connectivity index (χ3n) is 3.09. The van der Waals surface area contributed by atoms with Crippen molar-refractivity contribution in [3.8, 4) is 11.3 Å². The molecule has 4 nitrogen and oxygen atoms in total. The molecular formula is C17H13BrN2O2S2. The number of sulfonamides is 1. The van der Waals surface area contributed by atoms with Gasteiger partial charge in [0, 0.05) is 15.4 Å². The molecule has 2 aromatic carbocycles. The predicted octanol–water partition coefficient (Wildman–Crippen LogP) is 4.99. The van der Waals surface area contributed by atoms with Crippen LogP contribution in [0.3, 0.4) is 0 Å². The van der Waals surface area contributed by atoms with Gasteiger partial charge >= 0.3 is 0 Å². The number of halogens is 1. The van der Waals surface area contributed by atoms with Crippen LogP contribution in [0, 0.1) is 0 Å². The summed E-state index contributed by atoms with van der Waals surface area (Å²) in [5.74, 6) is 0. The van der Waals surface area contributed by atoms with Crippen LogP contribution >= 0.6 is 27.3 Å². The highest BCUT2D eigenvalue weighted by molar-refractivity contribution is 9.10. The number of thiazole rings is 1. The third-order valence-corrected chi connectivity index (χ3v) is 5.44. The van der Waals surface area contributed by atoms with E-state index in [0.717, 1.165) is 26.7 Å². The Morgan fingerprint density at radius 3 is 2.62 bits per heavy atom. The fourth-order valence-electron chi connectivity index (χ4n) is 2.00. The van der Waals surface area contributed by atoms with E-state index in [1.165, 1.54) is 11.3 Å². The van der Waals surface area contributed by atoms with Crippen LogP contribution in [0.5, 0.6) is 0 Å². The highest BCUT2D eigenvalue weighted by atomic mass is 79.9. The highest BCUT2D eigenvalue weighted by Gasteiger charge is 2.10. The van der Waals surface area contributed by atoms with E-state index in [4.69, 9.17) is 0 Å². The standard InChI is InChI=1S/C17H13BrN2O2S2/c18-15-8-4-5-13(11-15)9-10-24(21,22)20-17-19-16(12-23-17)14-6-2-1-3-7-14/h1-12H,(H,19,20). The van der Waals surface area contributed by atoms with Crippen molar-refractivity contribution in [2.75, 3.05) is 4.72 Å². The van der Waals surface area contributed by atoms with Crippen molar-refractivity contribution in [1.29, 1.82) is 0 Å². The molecule has 0 aliphatic carbocycles. The summed E-state index contributed by atoms with van der Waals surface area (Å²) >= 11 is 4.61. The smallest absolute Gasteiger partial charge is 0.255 e. The Bertz CT molecular complexity index is 967. The van der Waals surface area contributed by atoms with Gasteiger partial charge in [-0.25, -0.2) is 13.4 Å². The van der Waals surface area contributed by atoms with E-state index in [-0.39, 0.29) is 0 Å². The summed E-state index contributed by atoms with van der Waals surface area (Å²) in [5, 5.41) is 3.30. The minimum absolute atomic E-state index is 0.341. The molecule has 0 spiro atoms. The van der Waals surface area contributed by atoms with E-state index in [0.29, 0.717) is 5.13 Å². The minimum atomic E-state index is -3.61. The lowest BCUT2D eigenvalue weighted by Gasteiger charge is -2.00. The summed E-state index contributed by atoms with van der Waals surface area (Å²) in [6, 6.07) is 17.0. The lowest BCUT2D eigenvalue weighted by Crippen LogP contribution is -2.08. The minimum Gasteiger partial charge on any atom is -0.255 e. The molecule has 7 heteroatoms. The molecule has 1 N–H and O–H groups in total. The van der Waals surface area contributed by atoms with Gasteiger partial charge in [0.25, 0.3) is 10.0 Å². The van der Waals surface area contributed by atoms with Crippen molar-refractivity contribution in [2.45, 2.75) is 0 Å². The molecule has 0 amide bonds. The van der Waals surface area contributed by atoms with Gasteiger partial charge in [-0.05, 0) is 23.8 Å². The first-order chi connectivity index (χ1) is 11.5. The van der Waals surface area contributed by atoms with Gasteiger partial charge in [-0.15, -0.1) is 11.3 Å². The Hall–Kier alpha value is -1.96. The average molecular weight is 421 g/mol. The van der Waals surface area contributed by atoms with Crippen molar-refractivity contribution in [3.05, 3.63) is 75.4 Å². The van der Waals surface area contributed by atoms with Crippen molar-refractivity contribution >= 4 is 48.5 Å². The van der Waals surface area contributed by atoms with Crippen LogP contribution in [0.15, 0.2) is 69.9 Å². The molecule has 122 valence electrons. The molecule has 0 saturated carbocycles. The normalized spacial score (nSPS) is 11.7. The first-order valence-electron chi connectivity index (χ1n) is 6.99. The molecule has 0 unspecified atom stereocenters. The van der Waals surface area contributed by atoms with Gasteiger partial charge in [0.1, 0.15) is 0 Å². The maximum absolute atomic E-state index is 12.2. The molecule has 3 rings (SSSR count). The first kappa shape index (κ1) is 16.9. The zero-order chi connectivity index (χ0) is 17.0. The van der Waals surface area contributed by atoms with Crippen molar-refractivity contribution in [3.63, 3.8) is 0 Å². The van der Waals surface area contributed by atoms with Crippen LogP contribution in [0.25, 0.3) is 17.3 Å². The number of hydrogen-bond donors (Lipinski definition) is 1. The van der Waals surface area contributed by atoms with Crippen LogP contribution in [0.1, 0.15) is 5.56 Å². The second kappa shape index (κ2) is 7.29. The Morgan fingerprint density at radius 1 is 1.08 bits per heavy atom. The van der Waals surface area contributed by atoms with E-state index in [1.54, 1.807) is 6.08 Å². The molecule has 0 saturated heterocycles. The van der Waals surface area contributed by atoms with Gasteiger partial charge in [0.05, 0.1) is 11.1 Å². The fourth-order valence-corrected chi connectivity index (χ4v) is 4.21. The number of anilines is 1. The van der Waals surface area contributed by atoms with E-state index in [9.17, 15) is 8.42 Å². The van der Waals surface area contributed by atoms with Crippen molar-refractivity contribution in [1.82, 2.24) is 4.98 Å². The van der Waals surface area contributed by atoms with Gasteiger partial charge < -0.3 is 0 Å². The van der Waals surface area contributed by atoms with Gasteiger partial charge in [-0.1, -0.05) is 58.4 Å². The van der Waals surface area contributed by atoms with Gasteiger partial charge in [0.2, 0.25) is 0 Å². The van der Waals surface area contributed by atoms with Crippen LogP contribution in [0.4, 0.5) is 5.13 Å². The van der Waals surface area contributed by atoms with Crippen molar-refractivity contribution < 1.29 is 8.42 Å². The number of rotatable bonds is 5. The Morgan fingerprint density at radius 2 is 1.88 bits per heavy atom. The molecular weight excluding hydrogens is 408 g/mol. The van der Waals surface area contributed by atoms with Gasteiger partial charge in [-0.2, -0.15) is 0 Å². The summed E-state index contributed by atoms with van der Waals surface area (Å²) in [5.41, 5.74) is 2.48. The second-order valence-corrected chi connectivity index (χ2v) is 8.25. The maximum atomic E-state index is 12.2. The van der Waals surface area contributed by atoms with Crippen LogP contribution in [-0.4, -0.2) is 13.4 Å². The van der Waals surface area contributed by atoms with E-state index in [1.807, 2.05) is 60.0 Å². The maximum Gasteiger partial charge on any atom is 0.256 e. The molecule has 0 atom stereocenters. The first-order valence-corrected chi connectivity index (χ1v) is 10.2.